The molecule has 0 saturated carbocycles. The first-order valence-electron chi connectivity index (χ1n) is 10.2. The van der Waals surface area contributed by atoms with E-state index < -0.39 is 0 Å². The van der Waals surface area contributed by atoms with E-state index in [9.17, 15) is 0 Å². The average Bonchev–Trinajstić information content (AvgIpc) is 2.80. The van der Waals surface area contributed by atoms with Gasteiger partial charge in [0.25, 0.3) is 0 Å². The standard InChI is InChI=1S/C23H31BrN2O5/c1-27-19-12-17(18(24)13-20(19)28-2)15-26-8-6-25(7-9-26)14-16-10-21(29-3)23(31-5)22(11-16)30-4/h10-13H,6-9,14-15H2,1-5H3. The molecule has 0 unspecified atom stereocenters. The number of piperazine rings is 1. The Morgan fingerprint density at radius 1 is 0.645 bits per heavy atom. The lowest BCUT2D eigenvalue weighted by Gasteiger charge is -2.35. The van der Waals surface area contributed by atoms with Gasteiger partial charge in [-0.1, -0.05) is 15.9 Å². The van der Waals surface area contributed by atoms with Crippen molar-refractivity contribution in [3.8, 4) is 28.7 Å². The van der Waals surface area contributed by atoms with Gasteiger partial charge in [0.2, 0.25) is 5.75 Å². The first-order valence-corrected chi connectivity index (χ1v) is 11.0. The molecule has 8 heteroatoms. The van der Waals surface area contributed by atoms with E-state index in [2.05, 4.69) is 25.7 Å². The van der Waals surface area contributed by atoms with E-state index in [1.165, 1.54) is 5.56 Å². The fraction of sp³-hybridized carbons (Fsp3) is 0.478. The molecule has 0 amide bonds. The van der Waals surface area contributed by atoms with Gasteiger partial charge in [-0.05, 0) is 35.4 Å². The topological polar surface area (TPSA) is 52.6 Å². The molecule has 2 aromatic rings. The van der Waals surface area contributed by atoms with Crippen molar-refractivity contribution in [2.45, 2.75) is 13.1 Å². The number of nitrogens with zero attached hydrogens (tertiary/aromatic N) is 2. The van der Waals surface area contributed by atoms with Gasteiger partial charge in [0.15, 0.2) is 23.0 Å². The van der Waals surface area contributed by atoms with Crippen LogP contribution in [0.1, 0.15) is 11.1 Å². The van der Waals surface area contributed by atoms with Gasteiger partial charge in [0.05, 0.1) is 35.5 Å². The van der Waals surface area contributed by atoms with Crippen LogP contribution in [0.25, 0.3) is 0 Å². The minimum atomic E-state index is 0.624. The summed E-state index contributed by atoms with van der Waals surface area (Å²) in [5.41, 5.74) is 2.33. The highest BCUT2D eigenvalue weighted by Gasteiger charge is 2.21. The Bertz CT molecular complexity index is 860. The second-order valence-corrected chi connectivity index (χ2v) is 8.24. The zero-order valence-electron chi connectivity index (χ0n) is 18.9. The molecule has 7 nitrogen and oxygen atoms in total. The van der Waals surface area contributed by atoms with E-state index >= 15 is 0 Å². The third-order valence-electron chi connectivity index (χ3n) is 5.54. The third-order valence-corrected chi connectivity index (χ3v) is 6.28. The van der Waals surface area contributed by atoms with E-state index in [1.54, 1.807) is 35.5 Å². The van der Waals surface area contributed by atoms with Crippen LogP contribution in [0.5, 0.6) is 28.7 Å². The van der Waals surface area contributed by atoms with Gasteiger partial charge >= 0.3 is 0 Å². The van der Waals surface area contributed by atoms with Gasteiger partial charge in [-0.25, -0.2) is 0 Å². The van der Waals surface area contributed by atoms with Crippen molar-refractivity contribution in [1.29, 1.82) is 0 Å². The van der Waals surface area contributed by atoms with E-state index in [0.717, 1.165) is 60.8 Å². The Morgan fingerprint density at radius 2 is 1.13 bits per heavy atom. The summed E-state index contributed by atoms with van der Waals surface area (Å²) in [6.07, 6.45) is 0. The average molecular weight is 495 g/mol. The van der Waals surface area contributed by atoms with Crippen LogP contribution in [0.3, 0.4) is 0 Å². The molecule has 1 heterocycles. The SMILES string of the molecule is COc1cc(Br)c(CN2CCN(Cc3cc(OC)c(OC)c(OC)c3)CC2)cc1OC. The van der Waals surface area contributed by atoms with Crippen LogP contribution in [-0.4, -0.2) is 71.5 Å². The molecule has 0 N–H and O–H groups in total. The Labute approximate surface area is 192 Å². The van der Waals surface area contributed by atoms with Gasteiger partial charge in [-0.2, -0.15) is 0 Å². The van der Waals surface area contributed by atoms with Gasteiger partial charge in [0, 0.05) is 43.7 Å². The van der Waals surface area contributed by atoms with Crippen molar-refractivity contribution in [2.24, 2.45) is 0 Å². The number of benzene rings is 2. The zero-order valence-corrected chi connectivity index (χ0v) is 20.5. The summed E-state index contributed by atoms with van der Waals surface area (Å²) in [7, 11) is 8.23. The van der Waals surface area contributed by atoms with E-state index in [0.29, 0.717) is 17.2 Å². The van der Waals surface area contributed by atoms with E-state index in [4.69, 9.17) is 23.7 Å². The molecule has 0 aliphatic carbocycles. The van der Waals surface area contributed by atoms with Crippen molar-refractivity contribution in [3.05, 3.63) is 39.9 Å². The smallest absolute Gasteiger partial charge is 0.203 e. The maximum Gasteiger partial charge on any atom is 0.203 e. The van der Waals surface area contributed by atoms with Crippen molar-refractivity contribution in [2.75, 3.05) is 61.7 Å². The fourth-order valence-electron chi connectivity index (χ4n) is 3.85. The van der Waals surface area contributed by atoms with Crippen LogP contribution in [0.15, 0.2) is 28.7 Å². The normalized spacial score (nSPS) is 14.9. The third kappa shape index (κ3) is 5.56. The molecule has 3 rings (SSSR count). The first kappa shape index (κ1) is 23.5. The molecule has 2 aromatic carbocycles. The van der Waals surface area contributed by atoms with Crippen LogP contribution in [0.4, 0.5) is 0 Å². The predicted octanol–water partition coefficient (Wildman–Crippen LogP) is 3.81. The van der Waals surface area contributed by atoms with Crippen molar-refractivity contribution in [3.63, 3.8) is 0 Å². The number of hydrogen-bond acceptors (Lipinski definition) is 7. The quantitative estimate of drug-likeness (QED) is 0.525. The molecule has 1 saturated heterocycles. The summed E-state index contributed by atoms with van der Waals surface area (Å²) in [5, 5.41) is 0. The van der Waals surface area contributed by atoms with Crippen LogP contribution in [0, 0.1) is 0 Å². The molecule has 0 spiro atoms. The van der Waals surface area contributed by atoms with Crippen LogP contribution in [0.2, 0.25) is 0 Å². The number of hydrogen-bond donors (Lipinski definition) is 0. The maximum atomic E-state index is 5.48. The van der Waals surface area contributed by atoms with E-state index in [1.807, 2.05) is 24.3 Å². The summed E-state index contributed by atoms with van der Waals surface area (Å²) >= 11 is 3.67. The summed E-state index contributed by atoms with van der Waals surface area (Å²) in [6, 6.07) is 8.06. The van der Waals surface area contributed by atoms with Crippen molar-refractivity contribution in [1.82, 2.24) is 9.80 Å². The fourth-order valence-corrected chi connectivity index (χ4v) is 4.30. The van der Waals surface area contributed by atoms with Gasteiger partial charge in [-0.3, -0.25) is 9.80 Å². The monoisotopic (exact) mass is 494 g/mol. The largest absolute Gasteiger partial charge is 0.493 e. The Hall–Kier alpha value is -2.16. The number of ether oxygens (including phenoxy) is 5. The predicted molar refractivity (Wildman–Crippen MR) is 124 cm³/mol. The molecule has 0 atom stereocenters. The molecular weight excluding hydrogens is 464 g/mol. The van der Waals surface area contributed by atoms with Crippen LogP contribution in [-0.2, 0) is 13.1 Å². The van der Waals surface area contributed by atoms with Crippen molar-refractivity contribution < 1.29 is 23.7 Å². The molecule has 170 valence electrons. The zero-order chi connectivity index (χ0) is 22.4. The lowest BCUT2D eigenvalue weighted by molar-refractivity contribution is 0.121. The number of rotatable bonds is 9. The van der Waals surface area contributed by atoms with Crippen molar-refractivity contribution >= 4 is 15.9 Å². The summed E-state index contributed by atoms with van der Waals surface area (Å²) < 4.78 is 28.3. The lowest BCUT2D eigenvalue weighted by Crippen LogP contribution is -2.45. The Kier molecular flexibility index (Phi) is 8.28. The summed E-state index contributed by atoms with van der Waals surface area (Å²) in [4.78, 5) is 4.90. The second kappa shape index (κ2) is 10.9. The number of methoxy groups -OCH3 is 5. The molecule has 1 aliphatic rings. The molecule has 1 aliphatic heterocycles. The maximum absolute atomic E-state index is 5.48. The number of halogens is 1. The van der Waals surface area contributed by atoms with E-state index in [-0.39, 0.29) is 0 Å². The highest BCUT2D eigenvalue weighted by atomic mass is 79.9. The first-order chi connectivity index (χ1) is 15.0. The minimum absolute atomic E-state index is 0.624. The Balaban J connectivity index is 1.62. The summed E-state index contributed by atoms with van der Waals surface area (Å²) in [6.45, 7) is 5.66. The van der Waals surface area contributed by atoms with Gasteiger partial charge in [-0.15, -0.1) is 0 Å². The van der Waals surface area contributed by atoms with Crippen LogP contribution >= 0.6 is 15.9 Å². The molecule has 0 bridgehead atoms. The molecule has 0 aromatic heterocycles. The second-order valence-electron chi connectivity index (χ2n) is 7.38. The molecule has 1 fully saturated rings. The highest BCUT2D eigenvalue weighted by molar-refractivity contribution is 9.10. The Morgan fingerprint density at radius 3 is 1.61 bits per heavy atom. The summed E-state index contributed by atoms with van der Waals surface area (Å²) in [5.74, 6) is 3.48. The molecule has 31 heavy (non-hydrogen) atoms. The molecular formula is C23H31BrN2O5. The lowest BCUT2D eigenvalue weighted by atomic mass is 10.1. The van der Waals surface area contributed by atoms with Gasteiger partial charge in [0.1, 0.15) is 0 Å². The molecule has 0 radical (unpaired) electrons. The minimum Gasteiger partial charge on any atom is -0.493 e. The van der Waals surface area contributed by atoms with Crippen LogP contribution < -0.4 is 23.7 Å². The van der Waals surface area contributed by atoms with Gasteiger partial charge < -0.3 is 23.7 Å². The highest BCUT2D eigenvalue weighted by Crippen LogP contribution is 2.38.